The van der Waals surface area contributed by atoms with Gasteiger partial charge in [-0.05, 0) is 35.1 Å². The van der Waals surface area contributed by atoms with Crippen LogP contribution in [-0.4, -0.2) is 78.2 Å². The average Bonchev–Trinajstić information content (AvgIpc) is 3.29. The van der Waals surface area contributed by atoms with Gasteiger partial charge in [-0.2, -0.15) is 0 Å². The van der Waals surface area contributed by atoms with Crippen molar-refractivity contribution in [1.82, 2.24) is 15.5 Å². The third kappa shape index (κ3) is 18.3. The number of esters is 4. The standard InChI is InChI=1S/C46H52N4O11/c47-29-42(53)50(27-25-40(51)48-38(45(56)60-32-36-17-9-3-10-18-36)21-23-43(54)58-30-34-13-5-1-6-14-34)28-26-41(52)49-39(46(57)61-33-37-19-11-4-12-20-37)22-24-44(55)59-31-35-15-7-2-8-16-35/h1-20,38-39H,21-33,47H2,(H,48,51)(H,49,52)/t38-,39-/m0/s1. The highest BCUT2D eigenvalue weighted by molar-refractivity contribution is 5.87. The summed E-state index contributed by atoms with van der Waals surface area (Å²) >= 11 is 0. The summed E-state index contributed by atoms with van der Waals surface area (Å²) in [5.41, 5.74) is 8.66. The van der Waals surface area contributed by atoms with Crippen molar-refractivity contribution in [1.29, 1.82) is 0 Å². The Morgan fingerprint density at radius 1 is 0.459 bits per heavy atom. The van der Waals surface area contributed by atoms with E-state index in [1.165, 1.54) is 4.90 Å². The summed E-state index contributed by atoms with van der Waals surface area (Å²) in [6.45, 7) is -0.791. The number of nitrogens with zero attached hydrogens (tertiary/aromatic N) is 1. The lowest BCUT2D eigenvalue weighted by Crippen LogP contribution is -2.46. The molecule has 4 aromatic rings. The first kappa shape index (κ1) is 46.8. The van der Waals surface area contributed by atoms with Crippen LogP contribution in [0.15, 0.2) is 121 Å². The molecule has 0 spiro atoms. The molecule has 0 aliphatic rings. The highest BCUT2D eigenvalue weighted by Crippen LogP contribution is 2.11. The van der Waals surface area contributed by atoms with Crippen LogP contribution in [0.5, 0.6) is 0 Å². The minimum Gasteiger partial charge on any atom is -0.461 e. The Kier molecular flexibility index (Phi) is 20.2. The van der Waals surface area contributed by atoms with Crippen molar-refractivity contribution in [2.45, 2.75) is 77.0 Å². The zero-order valence-electron chi connectivity index (χ0n) is 33.9. The number of hydrogen-bond acceptors (Lipinski definition) is 12. The number of nitrogens with one attached hydrogen (secondary N) is 2. The van der Waals surface area contributed by atoms with Gasteiger partial charge in [-0.1, -0.05) is 121 Å². The molecule has 0 fully saturated rings. The fourth-order valence-corrected chi connectivity index (χ4v) is 5.80. The smallest absolute Gasteiger partial charge is 0.328 e. The van der Waals surface area contributed by atoms with Crippen LogP contribution in [0.4, 0.5) is 0 Å². The molecule has 0 aliphatic carbocycles. The van der Waals surface area contributed by atoms with E-state index in [-0.39, 0.29) is 78.0 Å². The molecule has 0 bridgehead atoms. The summed E-state index contributed by atoms with van der Waals surface area (Å²) < 4.78 is 21.6. The number of carbonyl (C=O) groups is 7. The van der Waals surface area contributed by atoms with E-state index in [0.717, 1.165) is 22.3 Å². The molecular weight excluding hydrogens is 785 g/mol. The Hall–Kier alpha value is -6.87. The summed E-state index contributed by atoms with van der Waals surface area (Å²) in [6.07, 6.45) is -1.18. The van der Waals surface area contributed by atoms with Gasteiger partial charge in [0.05, 0.1) is 6.54 Å². The van der Waals surface area contributed by atoms with Crippen molar-refractivity contribution < 1.29 is 52.5 Å². The third-order valence-corrected chi connectivity index (χ3v) is 9.19. The van der Waals surface area contributed by atoms with Gasteiger partial charge >= 0.3 is 23.9 Å². The zero-order chi connectivity index (χ0) is 43.7. The van der Waals surface area contributed by atoms with Gasteiger partial charge in [0, 0.05) is 38.8 Å². The highest BCUT2D eigenvalue weighted by atomic mass is 16.5. The molecule has 0 aromatic heterocycles. The van der Waals surface area contributed by atoms with Crippen LogP contribution in [0.2, 0.25) is 0 Å². The van der Waals surface area contributed by atoms with Crippen molar-refractivity contribution in [2.24, 2.45) is 5.73 Å². The number of ether oxygens (including phenoxy) is 4. The van der Waals surface area contributed by atoms with Gasteiger partial charge in [0.15, 0.2) is 0 Å². The minimum absolute atomic E-state index is 0.0427. The molecule has 0 heterocycles. The van der Waals surface area contributed by atoms with E-state index in [2.05, 4.69) is 10.6 Å². The molecule has 4 N–H and O–H groups in total. The largest absolute Gasteiger partial charge is 0.461 e. The van der Waals surface area contributed by atoms with Crippen LogP contribution in [0.3, 0.4) is 0 Å². The Labute approximate surface area is 354 Å². The van der Waals surface area contributed by atoms with E-state index >= 15 is 0 Å². The monoisotopic (exact) mass is 836 g/mol. The van der Waals surface area contributed by atoms with E-state index in [0.29, 0.717) is 0 Å². The SMILES string of the molecule is NCC(=O)N(CCC(=O)N[C@@H](CCC(=O)OCc1ccccc1)C(=O)OCc1ccccc1)CCC(=O)N[C@@H](CCC(=O)OCc1ccccc1)C(=O)OCc1ccccc1. The molecule has 0 radical (unpaired) electrons. The molecular formula is C46H52N4O11. The summed E-state index contributed by atoms with van der Waals surface area (Å²) in [5, 5.41) is 5.21. The van der Waals surface area contributed by atoms with Gasteiger partial charge in [0.25, 0.3) is 0 Å². The summed E-state index contributed by atoms with van der Waals surface area (Å²) in [4.78, 5) is 91.9. The van der Waals surface area contributed by atoms with Gasteiger partial charge in [0.1, 0.15) is 38.5 Å². The molecule has 0 unspecified atom stereocenters. The Morgan fingerprint density at radius 2 is 0.770 bits per heavy atom. The van der Waals surface area contributed by atoms with Gasteiger partial charge < -0.3 is 40.2 Å². The third-order valence-electron chi connectivity index (χ3n) is 9.19. The number of hydrogen-bond donors (Lipinski definition) is 3. The second-order valence-corrected chi connectivity index (χ2v) is 13.9. The van der Waals surface area contributed by atoms with Gasteiger partial charge in [0.2, 0.25) is 17.7 Å². The molecule has 3 amide bonds. The second-order valence-electron chi connectivity index (χ2n) is 13.9. The number of carbonyl (C=O) groups excluding carboxylic acids is 7. The van der Waals surface area contributed by atoms with Crippen molar-refractivity contribution >= 4 is 41.6 Å². The molecule has 15 nitrogen and oxygen atoms in total. The molecule has 0 saturated carbocycles. The van der Waals surface area contributed by atoms with Gasteiger partial charge in [-0.3, -0.25) is 24.0 Å². The first-order chi connectivity index (χ1) is 29.6. The first-order valence-electron chi connectivity index (χ1n) is 20.0. The summed E-state index contributed by atoms with van der Waals surface area (Å²) in [7, 11) is 0. The van der Waals surface area contributed by atoms with Crippen molar-refractivity contribution in [2.75, 3.05) is 19.6 Å². The van der Waals surface area contributed by atoms with Crippen molar-refractivity contribution in [3.63, 3.8) is 0 Å². The predicted octanol–water partition coefficient (Wildman–Crippen LogP) is 4.06. The Balaban J connectivity index is 1.31. The summed E-state index contributed by atoms with van der Waals surface area (Å²) in [5.74, 6) is -4.49. The van der Waals surface area contributed by atoms with Crippen LogP contribution >= 0.6 is 0 Å². The van der Waals surface area contributed by atoms with E-state index in [1.807, 2.05) is 48.5 Å². The van der Waals surface area contributed by atoms with E-state index in [1.54, 1.807) is 72.8 Å². The molecule has 322 valence electrons. The van der Waals surface area contributed by atoms with E-state index < -0.39 is 60.2 Å². The maximum absolute atomic E-state index is 13.2. The summed E-state index contributed by atoms with van der Waals surface area (Å²) in [6, 6.07) is 33.6. The fourth-order valence-electron chi connectivity index (χ4n) is 5.80. The van der Waals surface area contributed by atoms with Crippen LogP contribution in [0.1, 0.15) is 60.8 Å². The van der Waals surface area contributed by atoms with Gasteiger partial charge in [-0.15, -0.1) is 0 Å². The molecule has 4 rings (SSSR count). The Morgan fingerprint density at radius 3 is 1.08 bits per heavy atom. The van der Waals surface area contributed by atoms with Crippen molar-refractivity contribution in [3.05, 3.63) is 144 Å². The zero-order valence-corrected chi connectivity index (χ0v) is 33.9. The molecule has 2 atom stereocenters. The van der Waals surface area contributed by atoms with Crippen LogP contribution < -0.4 is 16.4 Å². The number of nitrogens with two attached hydrogens (primary N) is 1. The molecule has 61 heavy (non-hydrogen) atoms. The Bertz CT molecular complexity index is 1860. The lowest BCUT2D eigenvalue weighted by atomic mass is 10.1. The second kappa shape index (κ2) is 26.3. The maximum Gasteiger partial charge on any atom is 0.328 e. The molecule has 4 aromatic carbocycles. The predicted molar refractivity (Wildman–Crippen MR) is 222 cm³/mol. The lowest BCUT2D eigenvalue weighted by Gasteiger charge is -2.23. The number of rotatable bonds is 25. The maximum atomic E-state index is 13.2. The average molecular weight is 837 g/mol. The van der Waals surface area contributed by atoms with E-state index in [9.17, 15) is 33.6 Å². The number of benzene rings is 4. The first-order valence-corrected chi connectivity index (χ1v) is 20.0. The highest BCUT2D eigenvalue weighted by Gasteiger charge is 2.27. The topological polar surface area (TPSA) is 210 Å². The molecule has 15 heteroatoms. The van der Waals surface area contributed by atoms with Crippen LogP contribution in [-0.2, 0) is 78.9 Å². The van der Waals surface area contributed by atoms with Crippen LogP contribution in [0, 0.1) is 0 Å². The molecule has 0 saturated heterocycles. The number of amides is 3. The molecule has 0 aliphatic heterocycles. The quantitative estimate of drug-likeness (QED) is 0.0638. The normalized spacial score (nSPS) is 11.6. The minimum atomic E-state index is -1.21. The van der Waals surface area contributed by atoms with Gasteiger partial charge in [-0.25, -0.2) is 9.59 Å². The fraction of sp³-hybridized carbons (Fsp3) is 0.326. The van der Waals surface area contributed by atoms with Crippen LogP contribution in [0.25, 0.3) is 0 Å². The van der Waals surface area contributed by atoms with E-state index in [4.69, 9.17) is 24.7 Å². The lowest BCUT2D eigenvalue weighted by molar-refractivity contribution is -0.151. The van der Waals surface area contributed by atoms with Crippen molar-refractivity contribution in [3.8, 4) is 0 Å².